The van der Waals surface area contributed by atoms with E-state index in [4.69, 9.17) is 0 Å². The summed E-state index contributed by atoms with van der Waals surface area (Å²) in [6.45, 7) is 0. The molecule has 0 spiro atoms. The first kappa shape index (κ1) is 8.91. The van der Waals surface area contributed by atoms with Crippen LogP contribution in [0.3, 0.4) is 0 Å². The molecule has 0 aromatic rings. The minimum atomic E-state index is -2.48. The maximum Gasteiger partial charge on any atom is 0.263 e. The Kier molecular flexibility index (Phi) is 2.82. The zero-order valence-electron chi connectivity index (χ0n) is 6.87. The fourth-order valence-electron chi connectivity index (χ4n) is 1.63. The molecule has 0 heterocycles. The Labute approximate surface area is 66.2 Å². The summed E-state index contributed by atoms with van der Waals surface area (Å²) in [6.07, 6.45) is 3.22. The van der Waals surface area contributed by atoms with Gasteiger partial charge >= 0.3 is 0 Å². The Balaban J connectivity index is 2.56. The molecule has 1 unspecified atom stereocenters. The van der Waals surface area contributed by atoms with Crippen molar-refractivity contribution < 1.29 is 8.78 Å². The third kappa shape index (κ3) is 2.12. The fraction of sp³-hybridized carbons (Fsp3) is 1.00. The van der Waals surface area contributed by atoms with Gasteiger partial charge in [-0.25, -0.2) is 8.78 Å². The van der Waals surface area contributed by atoms with Crippen molar-refractivity contribution >= 4 is 0 Å². The first-order valence-electron chi connectivity index (χ1n) is 4.22. The van der Waals surface area contributed by atoms with Crippen molar-refractivity contribution in [2.45, 2.75) is 44.1 Å². The highest BCUT2D eigenvalue weighted by molar-refractivity contribution is 4.84. The standard InChI is InChI=1S/C8H15F2N/c1-11-7-5-3-2-4-6-8(7,9)10/h7,11H,2-6H2,1H3. The van der Waals surface area contributed by atoms with Gasteiger partial charge in [0.25, 0.3) is 5.92 Å². The molecule has 0 bridgehead atoms. The van der Waals surface area contributed by atoms with E-state index in [9.17, 15) is 8.78 Å². The van der Waals surface area contributed by atoms with Crippen LogP contribution in [-0.4, -0.2) is 19.0 Å². The second kappa shape index (κ2) is 3.48. The number of rotatable bonds is 1. The highest BCUT2D eigenvalue weighted by atomic mass is 19.3. The quantitative estimate of drug-likeness (QED) is 0.584. The first-order valence-corrected chi connectivity index (χ1v) is 4.22. The summed E-state index contributed by atoms with van der Waals surface area (Å²) >= 11 is 0. The molecule has 0 amide bonds. The lowest BCUT2D eigenvalue weighted by molar-refractivity contribution is -0.0405. The molecule has 0 aromatic carbocycles. The van der Waals surface area contributed by atoms with Gasteiger partial charge in [-0.3, -0.25) is 0 Å². The number of hydrogen-bond donors (Lipinski definition) is 1. The number of alkyl halides is 2. The molecule has 0 saturated heterocycles. The normalized spacial score (nSPS) is 31.4. The van der Waals surface area contributed by atoms with Crippen LogP contribution in [-0.2, 0) is 0 Å². The topological polar surface area (TPSA) is 12.0 Å². The summed E-state index contributed by atoms with van der Waals surface area (Å²) in [5.74, 6) is -2.48. The van der Waals surface area contributed by atoms with Crippen molar-refractivity contribution in [1.82, 2.24) is 5.32 Å². The minimum Gasteiger partial charge on any atom is -0.312 e. The monoisotopic (exact) mass is 163 g/mol. The molecule has 1 saturated carbocycles. The third-order valence-electron chi connectivity index (χ3n) is 2.36. The second-order valence-corrected chi connectivity index (χ2v) is 3.20. The van der Waals surface area contributed by atoms with E-state index in [0.717, 1.165) is 12.8 Å². The van der Waals surface area contributed by atoms with Gasteiger partial charge in [-0.05, 0) is 19.9 Å². The van der Waals surface area contributed by atoms with Crippen molar-refractivity contribution in [2.75, 3.05) is 7.05 Å². The van der Waals surface area contributed by atoms with E-state index in [1.807, 2.05) is 0 Å². The third-order valence-corrected chi connectivity index (χ3v) is 2.36. The van der Waals surface area contributed by atoms with Crippen LogP contribution in [0.25, 0.3) is 0 Å². The van der Waals surface area contributed by atoms with Crippen LogP contribution in [0, 0.1) is 0 Å². The van der Waals surface area contributed by atoms with Crippen molar-refractivity contribution in [1.29, 1.82) is 0 Å². The van der Waals surface area contributed by atoms with Gasteiger partial charge in [-0.1, -0.05) is 12.8 Å². The smallest absolute Gasteiger partial charge is 0.263 e. The highest BCUT2D eigenvalue weighted by Crippen LogP contribution is 2.31. The minimum absolute atomic E-state index is 0.0541. The SMILES string of the molecule is CNC1CCCCCC1(F)F. The van der Waals surface area contributed by atoms with Gasteiger partial charge in [0.05, 0.1) is 6.04 Å². The molecular weight excluding hydrogens is 148 g/mol. The van der Waals surface area contributed by atoms with Gasteiger partial charge in [0.2, 0.25) is 0 Å². The van der Waals surface area contributed by atoms with E-state index in [1.54, 1.807) is 7.05 Å². The molecule has 1 fully saturated rings. The van der Waals surface area contributed by atoms with Crippen molar-refractivity contribution in [2.24, 2.45) is 0 Å². The van der Waals surface area contributed by atoms with E-state index in [0.29, 0.717) is 12.8 Å². The summed E-state index contributed by atoms with van der Waals surface area (Å²) in [6, 6.07) is -0.593. The Hall–Kier alpha value is -0.180. The predicted molar refractivity (Wildman–Crippen MR) is 40.9 cm³/mol. The van der Waals surface area contributed by atoms with Crippen LogP contribution in [0.2, 0.25) is 0 Å². The molecule has 66 valence electrons. The second-order valence-electron chi connectivity index (χ2n) is 3.20. The molecule has 3 heteroatoms. The molecule has 0 aliphatic heterocycles. The number of hydrogen-bond acceptors (Lipinski definition) is 1. The van der Waals surface area contributed by atoms with Gasteiger partial charge in [0, 0.05) is 6.42 Å². The highest BCUT2D eigenvalue weighted by Gasteiger charge is 2.38. The molecular formula is C8H15F2N. The first-order chi connectivity index (χ1) is 5.17. The molecule has 1 aliphatic rings. The lowest BCUT2D eigenvalue weighted by Gasteiger charge is -2.23. The maximum absolute atomic E-state index is 13.1. The van der Waals surface area contributed by atoms with Crippen LogP contribution < -0.4 is 5.32 Å². The average Bonchev–Trinajstić information content (AvgIpc) is 2.10. The van der Waals surface area contributed by atoms with E-state index >= 15 is 0 Å². The zero-order chi connectivity index (χ0) is 8.32. The van der Waals surface area contributed by atoms with Crippen molar-refractivity contribution in [3.8, 4) is 0 Å². The average molecular weight is 163 g/mol. The largest absolute Gasteiger partial charge is 0.312 e. The van der Waals surface area contributed by atoms with Crippen LogP contribution in [0.15, 0.2) is 0 Å². The molecule has 0 aromatic heterocycles. The van der Waals surface area contributed by atoms with Crippen LogP contribution in [0.5, 0.6) is 0 Å². The summed E-state index contributed by atoms with van der Waals surface area (Å²) < 4.78 is 26.1. The van der Waals surface area contributed by atoms with Gasteiger partial charge in [0.15, 0.2) is 0 Å². The lowest BCUT2D eigenvalue weighted by Crippen LogP contribution is -2.42. The summed E-state index contributed by atoms with van der Waals surface area (Å²) in [5.41, 5.74) is 0. The van der Waals surface area contributed by atoms with Crippen molar-refractivity contribution in [3.63, 3.8) is 0 Å². The Bertz CT molecular complexity index is 125. The molecule has 0 radical (unpaired) electrons. The van der Waals surface area contributed by atoms with Gasteiger partial charge in [-0.2, -0.15) is 0 Å². The van der Waals surface area contributed by atoms with Gasteiger partial charge in [0.1, 0.15) is 0 Å². The van der Waals surface area contributed by atoms with Crippen LogP contribution in [0.1, 0.15) is 32.1 Å². The van der Waals surface area contributed by atoms with E-state index in [-0.39, 0.29) is 6.42 Å². The molecule has 1 nitrogen and oxygen atoms in total. The van der Waals surface area contributed by atoms with E-state index in [1.165, 1.54) is 0 Å². The Morgan fingerprint density at radius 1 is 1.27 bits per heavy atom. The van der Waals surface area contributed by atoms with Crippen LogP contribution >= 0.6 is 0 Å². The summed E-state index contributed by atoms with van der Waals surface area (Å²) in [4.78, 5) is 0. The molecule has 11 heavy (non-hydrogen) atoms. The fourth-order valence-corrected chi connectivity index (χ4v) is 1.63. The Morgan fingerprint density at radius 3 is 2.64 bits per heavy atom. The lowest BCUT2D eigenvalue weighted by atomic mass is 10.1. The summed E-state index contributed by atoms with van der Waals surface area (Å²) in [5, 5.41) is 2.68. The molecule has 1 rings (SSSR count). The molecule has 1 N–H and O–H groups in total. The summed E-state index contributed by atoms with van der Waals surface area (Å²) in [7, 11) is 1.61. The van der Waals surface area contributed by atoms with Crippen molar-refractivity contribution in [3.05, 3.63) is 0 Å². The van der Waals surface area contributed by atoms with E-state index in [2.05, 4.69) is 5.32 Å². The van der Waals surface area contributed by atoms with Gasteiger partial charge in [-0.15, -0.1) is 0 Å². The number of halogens is 2. The van der Waals surface area contributed by atoms with E-state index < -0.39 is 12.0 Å². The maximum atomic E-state index is 13.1. The van der Waals surface area contributed by atoms with Gasteiger partial charge < -0.3 is 5.32 Å². The predicted octanol–water partition coefficient (Wildman–Crippen LogP) is 2.17. The Morgan fingerprint density at radius 2 is 2.00 bits per heavy atom. The number of nitrogens with one attached hydrogen (secondary N) is 1. The zero-order valence-corrected chi connectivity index (χ0v) is 6.87. The van der Waals surface area contributed by atoms with Crippen LogP contribution in [0.4, 0.5) is 8.78 Å². The molecule has 1 aliphatic carbocycles. The molecule has 1 atom stereocenters.